The fourth-order valence-electron chi connectivity index (χ4n) is 2.48. The van der Waals surface area contributed by atoms with Gasteiger partial charge in [-0.15, -0.1) is 11.3 Å². The number of carbonyl (C=O) groups excluding carboxylic acids is 1. The molecule has 0 saturated carbocycles. The Labute approximate surface area is 123 Å². The van der Waals surface area contributed by atoms with Gasteiger partial charge < -0.3 is 4.90 Å². The van der Waals surface area contributed by atoms with Crippen LogP contribution in [0.15, 0.2) is 53.9 Å². The molecule has 2 aromatic rings. The molecule has 0 atom stereocenters. The van der Waals surface area contributed by atoms with E-state index in [1.165, 1.54) is 11.1 Å². The smallest absolute Gasteiger partial charge is 0.228 e. The molecule has 1 aliphatic heterocycles. The highest BCUT2D eigenvalue weighted by molar-refractivity contribution is 7.10. The minimum absolute atomic E-state index is 0.232. The van der Waals surface area contributed by atoms with Gasteiger partial charge in [0.15, 0.2) is 0 Å². The summed E-state index contributed by atoms with van der Waals surface area (Å²) in [6.07, 6.45) is 3.66. The summed E-state index contributed by atoms with van der Waals surface area (Å²) >= 11 is 1.65. The Morgan fingerprint density at radius 3 is 2.65 bits per heavy atom. The average Bonchev–Trinajstić information content (AvgIpc) is 3.01. The fourth-order valence-corrected chi connectivity index (χ4v) is 3.18. The Morgan fingerprint density at radius 1 is 1.15 bits per heavy atom. The number of hydrogen-bond acceptors (Lipinski definition) is 2. The molecule has 1 amide bonds. The van der Waals surface area contributed by atoms with Crippen molar-refractivity contribution in [3.8, 4) is 0 Å². The van der Waals surface area contributed by atoms with Gasteiger partial charge in [0, 0.05) is 18.0 Å². The van der Waals surface area contributed by atoms with Gasteiger partial charge in [-0.2, -0.15) is 0 Å². The van der Waals surface area contributed by atoms with Crippen LogP contribution in [-0.4, -0.2) is 23.9 Å². The molecule has 1 aliphatic rings. The van der Waals surface area contributed by atoms with Crippen molar-refractivity contribution in [2.75, 3.05) is 13.1 Å². The molecule has 0 unspecified atom stereocenters. The Balaban J connectivity index is 1.63. The molecule has 1 aromatic carbocycles. The molecule has 102 valence electrons. The van der Waals surface area contributed by atoms with E-state index >= 15 is 0 Å². The van der Waals surface area contributed by atoms with Crippen molar-refractivity contribution < 1.29 is 4.79 Å². The second-order valence-corrected chi connectivity index (χ2v) is 5.97. The van der Waals surface area contributed by atoms with Gasteiger partial charge in [0.05, 0.1) is 6.42 Å². The van der Waals surface area contributed by atoms with E-state index in [4.69, 9.17) is 0 Å². The van der Waals surface area contributed by atoms with Crippen LogP contribution < -0.4 is 0 Å². The van der Waals surface area contributed by atoms with Crippen LogP contribution in [0.3, 0.4) is 0 Å². The van der Waals surface area contributed by atoms with Crippen LogP contribution >= 0.6 is 11.3 Å². The minimum atomic E-state index is 0.232. The summed E-state index contributed by atoms with van der Waals surface area (Å²) in [6.45, 7) is 1.55. The maximum absolute atomic E-state index is 12.2. The molecule has 0 fully saturated rings. The Bertz CT molecular complexity index is 601. The summed E-state index contributed by atoms with van der Waals surface area (Å²) in [5.41, 5.74) is 2.63. The molecular weight excluding hydrogens is 266 g/mol. The third-order valence-electron chi connectivity index (χ3n) is 3.61. The lowest BCUT2D eigenvalue weighted by atomic mass is 9.99. The molecule has 2 nitrogen and oxygen atoms in total. The topological polar surface area (TPSA) is 20.3 Å². The van der Waals surface area contributed by atoms with E-state index in [1.807, 2.05) is 28.5 Å². The lowest BCUT2D eigenvalue weighted by molar-refractivity contribution is -0.130. The number of nitrogens with zero attached hydrogens (tertiary/aromatic N) is 1. The number of carbonyl (C=O) groups is 1. The van der Waals surface area contributed by atoms with Crippen LogP contribution in [-0.2, 0) is 11.2 Å². The van der Waals surface area contributed by atoms with Crippen molar-refractivity contribution in [3.05, 3.63) is 64.4 Å². The Kier molecular flexibility index (Phi) is 3.97. The van der Waals surface area contributed by atoms with Gasteiger partial charge in [-0.05, 0) is 29.0 Å². The molecule has 1 aromatic heterocycles. The van der Waals surface area contributed by atoms with Gasteiger partial charge in [-0.25, -0.2) is 0 Å². The van der Waals surface area contributed by atoms with E-state index in [-0.39, 0.29) is 5.91 Å². The number of hydrogen-bond donors (Lipinski definition) is 0. The van der Waals surface area contributed by atoms with Crippen molar-refractivity contribution in [1.29, 1.82) is 0 Å². The van der Waals surface area contributed by atoms with Crippen LogP contribution in [0.2, 0.25) is 0 Å². The second-order valence-electron chi connectivity index (χ2n) is 4.94. The first-order valence-electron chi connectivity index (χ1n) is 6.87. The normalized spacial score (nSPS) is 15.0. The second kappa shape index (κ2) is 6.06. The predicted molar refractivity (Wildman–Crippen MR) is 83.6 cm³/mol. The summed E-state index contributed by atoms with van der Waals surface area (Å²) in [4.78, 5) is 15.3. The Hall–Kier alpha value is -1.87. The van der Waals surface area contributed by atoms with E-state index in [0.29, 0.717) is 6.42 Å². The van der Waals surface area contributed by atoms with Crippen LogP contribution in [0.4, 0.5) is 0 Å². The highest BCUT2D eigenvalue weighted by Gasteiger charge is 2.18. The van der Waals surface area contributed by atoms with Crippen molar-refractivity contribution in [2.45, 2.75) is 12.8 Å². The first-order valence-corrected chi connectivity index (χ1v) is 7.75. The van der Waals surface area contributed by atoms with Gasteiger partial charge in [0.2, 0.25) is 5.91 Å². The summed E-state index contributed by atoms with van der Waals surface area (Å²) in [5.74, 6) is 0.232. The van der Waals surface area contributed by atoms with Crippen LogP contribution in [0.1, 0.15) is 16.9 Å². The lowest BCUT2D eigenvalue weighted by Gasteiger charge is -2.26. The molecule has 20 heavy (non-hydrogen) atoms. The molecule has 0 bridgehead atoms. The SMILES string of the molecule is O=C(Cc1cccs1)N1CC=C(c2ccccc2)CC1. The van der Waals surface area contributed by atoms with E-state index in [1.54, 1.807) is 11.3 Å². The molecule has 0 aliphatic carbocycles. The van der Waals surface area contributed by atoms with Crippen LogP contribution in [0.5, 0.6) is 0 Å². The van der Waals surface area contributed by atoms with Gasteiger partial charge in [0.25, 0.3) is 0 Å². The van der Waals surface area contributed by atoms with Gasteiger partial charge in [0.1, 0.15) is 0 Å². The maximum atomic E-state index is 12.2. The molecule has 0 N–H and O–H groups in total. The summed E-state index contributed by atoms with van der Waals surface area (Å²) < 4.78 is 0. The van der Waals surface area contributed by atoms with E-state index in [0.717, 1.165) is 24.4 Å². The van der Waals surface area contributed by atoms with E-state index in [2.05, 4.69) is 30.3 Å². The summed E-state index contributed by atoms with van der Waals surface area (Å²) in [7, 11) is 0. The zero-order chi connectivity index (χ0) is 13.8. The van der Waals surface area contributed by atoms with Crippen molar-refractivity contribution >= 4 is 22.8 Å². The van der Waals surface area contributed by atoms with Gasteiger partial charge in [-0.1, -0.05) is 42.5 Å². The minimum Gasteiger partial charge on any atom is -0.338 e. The molecule has 3 rings (SSSR count). The standard InChI is InChI=1S/C17H17NOS/c19-17(13-16-7-4-12-20-16)18-10-8-15(9-11-18)14-5-2-1-3-6-14/h1-8,12H,9-11,13H2. The van der Waals surface area contributed by atoms with E-state index in [9.17, 15) is 4.79 Å². The van der Waals surface area contributed by atoms with Crippen molar-refractivity contribution in [1.82, 2.24) is 4.90 Å². The maximum Gasteiger partial charge on any atom is 0.228 e. The highest BCUT2D eigenvalue weighted by atomic mass is 32.1. The van der Waals surface area contributed by atoms with Crippen molar-refractivity contribution in [2.24, 2.45) is 0 Å². The third-order valence-corrected chi connectivity index (χ3v) is 4.49. The first kappa shape index (κ1) is 13.1. The molecule has 3 heteroatoms. The zero-order valence-corrected chi connectivity index (χ0v) is 12.1. The van der Waals surface area contributed by atoms with Gasteiger partial charge >= 0.3 is 0 Å². The molecular formula is C17H17NOS. The fraction of sp³-hybridized carbons (Fsp3) is 0.235. The molecule has 0 saturated heterocycles. The third kappa shape index (κ3) is 2.99. The van der Waals surface area contributed by atoms with E-state index < -0.39 is 0 Å². The molecule has 2 heterocycles. The largest absolute Gasteiger partial charge is 0.338 e. The number of benzene rings is 1. The first-order chi connectivity index (χ1) is 9.83. The summed E-state index contributed by atoms with van der Waals surface area (Å²) in [6, 6.07) is 14.4. The molecule has 0 radical (unpaired) electrons. The van der Waals surface area contributed by atoms with Gasteiger partial charge in [-0.3, -0.25) is 4.79 Å². The lowest BCUT2D eigenvalue weighted by Crippen LogP contribution is -2.35. The highest BCUT2D eigenvalue weighted by Crippen LogP contribution is 2.22. The number of rotatable bonds is 3. The predicted octanol–water partition coefficient (Wildman–Crippen LogP) is 3.61. The van der Waals surface area contributed by atoms with Crippen LogP contribution in [0, 0.1) is 0 Å². The Morgan fingerprint density at radius 2 is 2.00 bits per heavy atom. The molecule has 0 spiro atoms. The quantitative estimate of drug-likeness (QED) is 0.842. The number of thiophene rings is 1. The summed E-state index contributed by atoms with van der Waals surface area (Å²) in [5, 5.41) is 2.02. The van der Waals surface area contributed by atoms with Crippen LogP contribution in [0.25, 0.3) is 5.57 Å². The zero-order valence-electron chi connectivity index (χ0n) is 11.3. The van der Waals surface area contributed by atoms with Crippen molar-refractivity contribution in [3.63, 3.8) is 0 Å². The number of amides is 1. The average molecular weight is 283 g/mol. The monoisotopic (exact) mass is 283 g/mol.